The highest BCUT2D eigenvalue weighted by molar-refractivity contribution is 6.04. The molecule has 0 aromatic rings. The van der Waals surface area contributed by atoms with Crippen molar-refractivity contribution < 1.29 is 13.2 Å². The molecular weight excluding hydrogens is 217 g/mol. The maximum atomic E-state index is 12.6. The van der Waals surface area contributed by atoms with Gasteiger partial charge in [0.15, 0.2) is 0 Å². The van der Waals surface area contributed by atoms with E-state index in [-0.39, 0.29) is 18.0 Å². The Hall–Kier alpha value is -1.36. The molecule has 0 saturated carbocycles. The van der Waals surface area contributed by atoms with E-state index in [0.717, 1.165) is 6.08 Å². The van der Waals surface area contributed by atoms with Crippen LogP contribution in [0.4, 0.5) is 13.2 Å². The largest absolute Gasteiger partial charge is 0.416 e. The van der Waals surface area contributed by atoms with E-state index in [1.54, 1.807) is 12.2 Å². The molecule has 1 heterocycles. The Morgan fingerprint density at radius 2 is 2.06 bits per heavy atom. The highest BCUT2D eigenvalue weighted by Gasteiger charge is 2.37. The average Bonchev–Trinajstić information content (AvgIpc) is 2.56. The average molecular weight is 228 g/mol. The molecule has 0 aromatic carbocycles. The quantitative estimate of drug-likeness (QED) is 0.735. The van der Waals surface area contributed by atoms with Crippen LogP contribution < -0.4 is 5.73 Å². The molecule has 0 aromatic heterocycles. The van der Waals surface area contributed by atoms with E-state index in [2.05, 4.69) is 4.99 Å². The number of hydrogen-bond acceptors (Lipinski definition) is 2. The zero-order valence-electron chi connectivity index (χ0n) is 8.67. The molecular formula is C11H11F3N2. The fourth-order valence-electron chi connectivity index (χ4n) is 1.87. The van der Waals surface area contributed by atoms with Gasteiger partial charge in [0.05, 0.1) is 17.0 Å². The number of nitrogens with two attached hydrogens (primary N) is 1. The van der Waals surface area contributed by atoms with Gasteiger partial charge in [-0.15, -0.1) is 0 Å². The van der Waals surface area contributed by atoms with E-state index in [1.807, 2.05) is 0 Å². The van der Waals surface area contributed by atoms with Crippen molar-refractivity contribution in [1.82, 2.24) is 0 Å². The zero-order valence-corrected chi connectivity index (χ0v) is 8.67. The van der Waals surface area contributed by atoms with Crippen LogP contribution in [-0.2, 0) is 0 Å². The first-order valence-corrected chi connectivity index (χ1v) is 4.89. The summed E-state index contributed by atoms with van der Waals surface area (Å²) in [5.41, 5.74) is 6.10. The molecule has 0 spiro atoms. The van der Waals surface area contributed by atoms with E-state index >= 15 is 0 Å². The molecule has 2 nitrogen and oxygen atoms in total. The third-order valence-electron chi connectivity index (χ3n) is 2.65. The van der Waals surface area contributed by atoms with Crippen LogP contribution in [0, 0.1) is 5.92 Å². The van der Waals surface area contributed by atoms with Gasteiger partial charge in [-0.2, -0.15) is 13.2 Å². The molecule has 5 heteroatoms. The number of rotatable bonds is 1. The molecule has 2 N–H and O–H groups in total. The van der Waals surface area contributed by atoms with E-state index in [9.17, 15) is 13.2 Å². The summed E-state index contributed by atoms with van der Waals surface area (Å²) in [5, 5.41) is 0. The lowest BCUT2D eigenvalue weighted by Crippen LogP contribution is -2.20. The summed E-state index contributed by atoms with van der Waals surface area (Å²) in [6.45, 7) is 1.71. The molecule has 0 fully saturated rings. The van der Waals surface area contributed by atoms with Crippen LogP contribution in [-0.4, -0.2) is 18.4 Å². The predicted molar refractivity (Wildman–Crippen MR) is 56.0 cm³/mol. The van der Waals surface area contributed by atoms with Crippen LogP contribution in [0.15, 0.2) is 40.1 Å². The standard InChI is InChI=1S/C11H11F3N2/c1-6-2-7-3-8(5-15)16-10(7)4-9(6)11(12,13)14/h2-4,7H,5,15H2,1H3. The van der Waals surface area contributed by atoms with Gasteiger partial charge in [-0.05, 0) is 24.6 Å². The predicted octanol–water partition coefficient (Wildman–Crippen LogP) is 2.35. The van der Waals surface area contributed by atoms with Crippen molar-refractivity contribution in [3.8, 4) is 0 Å². The topological polar surface area (TPSA) is 38.4 Å². The van der Waals surface area contributed by atoms with E-state index in [4.69, 9.17) is 5.73 Å². The first kappa shape index (κ1) is 11.1. The summed E-state index contributed by atoms with van der Waals surface area (Å²) in [5.74, 6) is -0.148. The second-order valence-corrected chi connectivity index (χ2v) is 3.83. The van der Waals surface area contributed by atoms with Crippen LogP contribution in [0.5, 0.6) is 0 Å². The van der Waals surface area contributed by atoms with Crippen molar-refractivity contribution in [2.24, 2.45) is 16.6 Å². The SMILES string of the molecule is CC1=CC2C=C(CN)N=C2C=C1C(F)(F)F. The maximum Gasteiger partial charge on any atom is 0.416 e. The Morgan fingerprint density at radius 1 is 1.38 bits per heavy atom. The van der Waals surface area contributed by atoms with Crippen LogP contribution in [0.25, 0.3) is 0 Å². The Kier molecular flexibility index (Phi) is 2.50. The van der Waals surface area contributed by atoms with Crippen molar-refractivity contribution in [2.75, 3.05) is 6.54 Å². The van der Waals surface area contributed by atoms with E-state index in [0.29, 0.717) is 11.4 Å². The van der Waals surface area contributed by atoms with Crippen LogP contribution in [0.2, 0.25) is 0 Å². The minimum atomic E-state index is -4.32. The zero-order chi connectivity index (χ0) is 11.9. The van der Waals surface area contributed by atoms with Gasteiger partial charge >= 0.3 is 6.18 Å². The number of nitrogens with zero attached hydrogens (tertiary/aromatic N) is 1. The van der Waals surface area contributed by atoms with Gasteiger partial charge in [-0.1, -0.05) is 6.08 Å². The fourth-order valence-corrected chi connectivity index (χ4v) is 1.87. The summed E-state index contributed by atoms with van der Waals surface area (Å²) in [6, 6.07) is 0. The van der Waals surface area contributed by atoms with E-state index < -0.39 is 11.7 Å². The third kappa shape index (κ3) is 1.82. The van der Waals surface area contributed by atoms with Gasteiger partial charge in [0.25, 0.3) is 0 Å². The van der Waals surface area contributed by atoms with Crippen molar-refractivity contribution in [3.05, 3.63) is 35.1 Å². The molecule has 0 bridgehead atoms. The number of alkyl halides is 3. The molecule has 0 saturated heterocycles. The smallest absolute Gasteiger partial charge is 0.325 e. The second-order valence-electron chi connectivity index (χ2n) is 3.83. The molecule has 1 aliphatic carbocycles. The van der Waals surface area contributed by atoms with Crippen LogP contribution >= 0.6 is 0 Å². The summed E-state index contributed by atoms with van der Waals surface area (Å²) >= 11 is 0. The molecule has 1 atom stereocenters. The van der Waals surface area contributed by atoms with Gasteiger partial charge < -0.3 is 5.73 Å². The Labute approximate surface area is 91.0 Å². The summed E-state index contributed by atoms with van der Waals surface area (Å²) in [7, 11) is 0. The van der Waals surface area contributed by atoms with Gasteiger partial charge in [0.2, 0.25) is 0 Å². The lowest BCUT2D eigenvalue weighted by Gasteiger charge is -2.19. The monoisotopic (exact) mass is 228 g/mol. The molecule has 2 rings (SSSR count). The highest BCUT2D eigenvalue weighted by Crippen LogP contribution is 2.36. The van der Waals surface area contributed by atoms with E-state index in [1.165, 1.54) is 6.92 Å². The molecule has 86 valence electrons. The number of fused-ring (bicyclic) bond motifs is 1. The normalized spacial score (nSPS) is 24.4. The van der Waals surface area contributed by atoms with Crippen molar-refractivity contribution >= 4 is 5.71 Å². The lowest BCUT2D eigenvalue weighted by molar-refractivity contribution is -0.0893. The van der Waals surface area contributed by atoms with Gasteiger partial charge in [0.1, 0.15) is 0 Å². The Morgan fingerprint density at radius 3 is 2.62 bits per heavy atom. The van der Waals surface area contributed by atoms with Crippen LogP contribution in [0.1, 0.15) is 6.92 Å². The molecule has 1 unspecified atom stereocenters. The second kappa shape index (κ2) is 3.59. The molecule has 0 radical (unpaired) electrons. The Bertz CT molecular complexity index is 439. The Balaban J connectivity index is 2.39. The fraction of sp³-hybridized carbons (Fsp3) is 0.364. The van der Waals surface area contributed by atoms with Crippen molar-refractivity contribution in [3.63, 3.8) is 0 Å². The number of halogens is 3. The number of aliphatic imine (C=N–C) groups is 1. The molecule has 2 aliphatic rings. The minimum absolute atomic E-state index is 0.148. The highest BCUT2D eigenvalue weighted by atomic mass is 19.4. The van der Waals surface area contributed by atoms with Gasteiger partial charge in [0, 0.05) is 12.5 Å². The van der Waals surface area contributed by atoms with Gasteiger partial charge in [-0.25, -0.2) is 0 Å². The summed E-state index contributed by atoms with van der Waals surface area (Å²) < 4.78 is 37.9. The minimum Gasteiger partial charge on any atom is -0.325 e. The third-order valence-corrected chi connectivity index (χ3v) is 2.65. The maximum absolute atomic E-state index is 12.6. The van der Waals surface area contributed by atoms with Crippen molar-refractivity contribution in [1.29, 1.82) is 0 Å². The number of hydrogen-bond donors (Lipinski definition) is 1. The summed E-state index contributed by atoms with van der Waals surface area (Å²) in [6.07, 6.45) is 0.158. The number of allylic oxidation sites excluding steroid dienone is 5. The lowest BCUT2D eigenvalue weighted by atomic mass is 9.90. The van der Waals surface area contributed by atoms with Gasteiger partial charge in [-0.3, -0.25) is 4.99 Å². The van der Waals surface area contributed by atoms with Crippen molar-refractivity contribution in [2.45, 2.75) is 13.1 Å². The molecule has 0 amide bonds. The first-order valence-electron chi connectivity index (χ1n) is 4.89. The summed E-state index contributed by atoms with van der Waals surface area (Å²) in [4.78, 5) is 4.06. The molecule has 1 aliphatic heterocycles. The molecule has 16 heavy (non-hydrogen) atoms. The first-order chi connectivity index (χ1) is 7.41. The van der Waals surface area contributed by atoms with Crippen LogP contribution in [0.3, 0.4) is 0 Å².